The van der Waals surface area contributed by atoms with Crippen molar-refractivity contribution in [3.8, 4) is 0 Å². The zero-order valence-electron chi connectivity index (χ0n) is 23.8. The van der Waals surface area contributed by atoms with Crippen LogP contribution in [0.1, 0.15) is 25.8 Å². The second kappa shape index (κ2) is 11.5. The molecule has 0 saturated carbocycles. The van der Waals surface area contributed by atoms with Crippen LogP contribution in [0.15, 0.2) is 78.9 Å². The number of aliphatic hydroxyl groups excluding tert-OH is 1. The molecule has 2 fully saturated rings. The molecular weight excluding hydrogens is 570 g/mol. The van der Waals surface area contributed by atoms with Gasteiger partial charge in [-0.1, -0.05) is 80.1 Å². The highest BCUT2D eigenvalue weighted by Gasteiger charge is 2.71. The number of hydrogen-bond acceptors (Lipinski definition) is 5. The number of carbonyl (C=O) groups is 3. The minimum absolute atomic E-state index is 0.0683. The van der Waals surface area contributed by atoms with Crippen LogP contribution in [0.25, 0.3) is 0 Å². The molecule has 1 unspecified atom stereocenters. The molecule has 0 aromatic heterocycles. The van der Waals surface area contributed by atoms with Crippen molar-refractivity contribution in [1.82, 2.24) is 9.80 Å². The van der Waals surface area contributed by atoms with Crippen molar-refractivity contribution in [3.63, 3.8) is 0 Å². The van der Waals surface area contributed by atoms with Crippen LogP contribution >= 0.6 is 23.4 Å². The lowest BCUT2D eigenvalue weighted by molar-refractivity contribution is -0.145. The van der Waals surface area contributed by atoms with E-state index >= 15 is 0 Å². The number of nitrogens with zero attached hydrogens (tertiary/aromatic N) is 3. The van der Waals surface area contributed by atoms with Crippen LogP contribution in [0.2, 0.25) is 5.02 Å². The number of rotatable bonds is 7. The van der Waals surface area contributed by atoms with Gasteiger partial charge in [0.05, 0.1) is 29.2 Å². The van der Waals surface area contributed by atoms with Crippen LogP contribution in [0.3, 0.4) is 0 Å². The van der Waals surface area contributed by atoms with Gasteiger partial charge in [0, 0.05) is 35.6 Å². The highest BCUT2D eigenvalue weighted by atomic mass is 35.5. The van der Waals surface area contributed by atoms with Gasteiger partial charge in [0.25, 0.3) is 5.91 Å². The van der Waals surface area contributed by atoms with Crippen LogP contribution < -0.4 is 4.90 Å². The van der Waals surface area contributed by atoms with Gasteiger partial charge in [-0.05, 0) is 42.2 Å². The maximum absolute atomic E-state index is 14.6. The Bertz CT molecular complexity index is 1410. The molecular formula is C33H36ClN3O4S. The maximum atomic E-state index is 14.6. The molecule has 2 saturated heterocycles. The van der Waals surface area contributed by atoms with E-state index in [-0.39, 0.29) is 35.5 Å². The van der Waals surface area contributed by atoms with Gasteiger partial charge < -0.3 is 19.8 Å². The predicted octanol–water partition coefficient (Wildman–Crippen LogP) is 4.55. The summed E-state index contributed by atoms with van der Waals surface area (Å²) >= 11 is 7.71. The van der Waals surface area contributed by atoms with E-state index in [9.17, 15) is 19.5 Å². The summed E-state index contributed by atoms with van der Waals surface area (Å²) in [5.74, 6) is -1.64. The largest absolute Gasteiger partial charge is 0.394 e. The highest BCUT2D eigenvalue weighted by Crippen LogP contribution is 2.61. The van der Waals surface area contributed by atoms with Crippen LogP contribution in [-0.2, 0) is 20.9 Å². The summed E-state index contributed by atoms with van der Waals surface area (Å²) in [6.07, 6.45) is 8.59. The quantitative estimate of drug-likeness (QED) is 0.469. The molecule has 4 aliphatic rings. The van der Waals surface area contributed by atoms with E-state index in [0.29, 0.717) is 36.8 Å². The molecule has 1 spiro atoms. The number of fused-ring (bicyclic) bond motifs is 2. The van der Waals surface area contributed by atoms with Gasteiger partial charge in [0.15, 0.2) is 0 Å². The van der Waals surface area contributed by atoms with Crippen molar-refractivity contribution in [2.75, 3.05) is 24.6 Å². The fraction of sp³-hybridized carbons (Fsp3) is 0.424. The van der Waals surface area contributed by atoms with E-state index in [1.165, 1.54) is 0 Å². The normalized spacial score (nSPS) is 29.5. The third-order valence-corrected chi connectivity index (χ3v) is 10.9. The molecule has 3 amide bonds. The van der Waals surface area contributed by atoms with Gasteiger partial charge in [-0.2, -0.15) is 0 Å². The monoisotopic (exact) mass is 605 g/mol. The number of thioether (sulfide) groups is 1. The molecule has 0 aliphatic carbocycles. The topological polar surface area (TPSA) is 81.2 Å². The molecule has 0 radical (unpaired) electrons. The Kier molecular flexibility index (Phi) is 7.98. The first kappa shape index (κ1) is 29.0. The van der Waals surface area contributed by atoms with Crippen LogP contribution in [0.5, 0.6) is 0 Å². The van der Waals surface area contributed by atoms with Gasteiger partial charge in [0.1, 0.15) is 6.04 Å². The summed E-state index contributed by atoms with van der Waals surface area (Å²) in [7, 11) is 0. The fourth-order valence-electron chi connectivity index (χ4n) is 7.14. The average Bonchev–Trinajstić information content (AvgIpc) is 3.30. The number of amides is 3. The summed E-state index contributed by atoms with van der Waals surface area (Å²) in [5, 5.41) is 10.9. The van der Waals surface area contributed by atoms with Crippen LogP contribution in [-0.4, -0.2) is 74.4 Å². The van der Waals surface area contributed by atoms with Crippen molar-refractivity contribution in [3.05, 3.63) is 89.5 Å². The Morgan fingerprint density at radius 2 is 1.71 bits per heavy atom. The zero-order chi connectivity index (χ0) is 29.6. The average molecular weight is 606 g/mol. The Morgan fingerprint density at radius 1 is 0.976 bits per heavy atom. The molecule has 4 heterocycles. The summed E-state index contributed by atoms with van der Waals surface area (Å²) in [4.78, 5) is 48.7. The SMILES string of the molecule is CC(C)C[C@H](CO)N1C(=O)[C@@H]2[C@H]3C(=O)N(Cc4ccccc4)CC=C[C@H]3S[C@@]23C=CCN(c2ccc(Cl)cc2)C(=O)C13. The van der Waals surface area contributed by atoms with Crippen LogP contribution in [0.4, 0.5) is 5.69 Å². The van der Waals surface area contributed by atoms with E-state index in [1.807, 2.05) is 79.4 Å². The second-order valence-corrected chi connectivity index (χ2v) is 13.9. The number of benzene rings is 2. The number of anilines is 1. The van der Waals surface area contributed by atoms with E-state index < -0.39 is 28.7 Å². The first-order valence-corrected chi connectivity index (χ1v) is 15.9. The Morgan fingerprint density at radius 3 is 2.40 bits per heavy atom. The van der Waals surface area contributed by atoms with Gasteiger partial charge in [-0.3, -0.25) is 14.4 Å². The number of aliphatic hydroxyl groups is 1. The molecule has 0 bridgehead atoms. The Balaban J connectivity index is 1.43. The van der Waals surface area contributed by atoms with E-state index in [1.54, 1.807) is 33.7 Å². The van der Waals surface area contributed by atoms with Crippen molar-refractivity contribution < 1.29 is 19.5 Å². The number of hydrogen-bond donors (Lipinski definition) is 1. The third-order valence-electron chi connectivity index (χ3n) is 8.88. The summed E-state index contributed by atoms with van der Waals surface area (Å²) in [5.41, 5.74) is 1.71. The lowest BCUT2D eigenvalue weighted by Gasteiger charge is -2.39. The standard InChI is InChI=1S/C33H36ClN3O4S/c1-21(2)18-25(20-38)37-29-32(41)36(24-13-11-23(34)12-14-24)17-7-15-33(29)28(31(37)40)27-26(42-33)10-6-16-35(30(27)39)19-22-8-4-3-5-9-22/h3-15,21,25-29,38H,16-20H2,1-2H3/t25-,26-,27+,28+,29?,33+/m1/s1. The maximum Gasteiger partial charge on any atom is 0.251 e. The van der Waals surface area contributed by atoms with Crippen molar-refractivity contribution >= 4 is 46.8 Å². The fourth-order valence-corrected chi connectivity index (χ4v) is 9.26. The van der Waals surface area contributed by atoms with E-state index in [4.69, 9.17) is 11.6 Å². The van der Waals surface area contributed by atoms with Crippen molar-refractivity contribution in [2.45, 2.75) is 48.9 Å². The van der Waals surface area contributed by atoms with Crippen LogP contribution in [0, 0.1) is 17.8 Å². The smallest absolute Gasteiger partial charge is 0.251 e. The Hall–Kier alpha value is -3.07. The summed E-state index contributed by atoms with van der Waals surface area (Å²) in [6.45, 7) is 5.08. The Labute approximate surface area is 256 Å². The lowest BCUT2D eigenvalue weighted by Crippen LogP contribution is -2.57. The van der Waals surface area contributed by atoms with Gasteiger partial charge in [-0.15, -0.1) is 11.8 Å². The zero-order valence-corrected chi connectivity index (χ0v) is 25.4. The minimum atomic E-state index is -0.940. The molecule has 6 rings (SSSR count). The third kappa shape index (κ3) is 4.87. The summed E-state index contributed by atoms with van der Waals surface area (Å²) in [6, 6.07) is 15.6. The first-order chi connectivity index (χ1) is 20.2. The first-order valence-electron chi connectivity index (χ1n) is 14.6. The molecule has 2 aromatic rings. The van der Waals surface area contributed by atoms with Gasteiger partial charge in [0.2, 0.25) is 11.8 Å². The van der Waals surface area contributed by atoms with Crippen molar-refractivity contribution in [1.29, 1.82) is 0 Å². The van der Waals surface area contributed by atoms with Gasteiger partial charge >= 0.3 is 0 Å². The molecule has 6 atom stereocenters. The lowest BCUT2D eigenvalue weighted by atomic mass is 9.78. The number of carbonyl (C=O) groups excluding carboxylic acids is 3. The predicted molar refractivity (Wildman–Crippen MR) is 166 cm³/mol. The molecule has 7 nitrogen and oxygen atoms in total. The van der Waals surface area contributed by atoms with Crippen molar-refractivity contribution in [2.24, 2.45) is 17.8 Å². The summed E-state index contributed by atoms with van der Waals surface area (Å²) < 4.78 is -0.940. The number of halogens is 1. The number of likely N-dealkylation sites (tertiary alicyclic amines) is 1. The second-order valence-electron chi connectivity index (χ2n) is 12.0. The molecule has 220 valence electrons. The highest BCUT2D eigenvalue weighted by molar-refractivity contribution is 8.02. The van der Waals surface area contributed by atoms with E-state index in [2.05, 4.69) is 6.08 Å². The molecule has 2 aromatic carbocycles. The molecule has 1 N–H and O–H groups in total. The van der Waals surface area contributed by atoms with E-state index in [0.717, 1.165) is 5.56 Å². The minimum Gasteiger partial charge on any atom is -0.394 e. The van der Waals surface area contributed by atoms with Gasteiger partial charge in [-0.25, -0.2) is 0 Å². The molecule has 42 heavy (non-hydrogen) atoms. The molecule has 4 aliphatic heterocycles. The molecule has 9 heteroatoms.